The van der Waals surface area contributed by atoms with Crippen molar-refractivity contribution in [1.82, 2.24) is 19.8 Å². The molecular formula is C37H43N9O2. The number of nitrogens with one attached hydrogen (secondary N) is 2. The number of rotatable bonds is 9. The Morgan fingerprint density at radius 2 is 1.69 bits per heavy atom. The van der Waals surface area contributed by atoms with Gasteiger partial charge in [0.15, 0.2) is 0 Å². The van der Waals surface area contributed by atoms with Gasteiger partial charge in [-0.3, -0.25) is 9.69 Å². The molecule has 3 amide bonds. The molecule has 3 aromatic carbocycles. The van der Waals surface area contributed by atoms with Gasteiger partial charge < -0.3 is 25.3 Å². The lowest BCUT2D eigenvalue weighted by atomic mass is 10.1. The van der Waals surface area contributed by atoms with Crippen molar-refractivity contribution < 1.29 is 9.59 Å². The van der Waals surface area contributed by atoms with Crippen LogP contribution in [0.3, 0.4) is 0 Å². The van der Waals surface area contributed by atoms with Gasteiger partial charge in [-0.2, -0.15) is 4.98 Å². The third kappa shape index (κ3) is 7.64. The zero-order valence-electron chi connectivity index (χ0n) is 28.1. The van der Waals surface area contributed by atoms with Crippen LogP contribution >= 0.6 is 0 Å². The molecule has 1 fully saturated rings. The molecule has 6 rings (SSSR count). The van der Waals surface area contributed by atoms with Crippen LogP contribution in [0, 0.1) is 6.92 Å². The highest BCUT2D eigenvalue weighted by molar-refractivity contribution is 6.09. The molecule has 2 N–H and O–H groups in total. The van der Waals surface area contributed by atoms with E-state index in [0.717, 1.165) is 43.1 Å². The average molecular weight is 646 g/mol. The van der Waals surface area contributed by atoms with E-state index < -0.39 is 0 Å². The van der Waals surface area contributed by atoms with E-state index >= 15 is 0 Å². The molecule has 1 aromatic heterocycles. The summed E-state index contributed by atoms with van der Waals surface area (Å²) in [5, 5.41) is 6.30. The Labute approximate surface area is 282 Å². The summed E-state index contributed by atoms with van der Waals surface area (Å²) in [6.45, 7) is 7.32. The lowest BCUT2D eigenvalue weighted by Crippen LogP contribution is -2.44. The fourth-order valence-corrected chi connectivity index (χ4v) is 5.99. The lowest BCUT2D eigenvalue weighted by molar-refractivity contribution is -0.111. The van der Waals surface area contributed by atoms with Crippen molar-refractivity contribution in [3.8, 4) is 0 Å². The van der Waals surface area contributed by atoms with Crippen LogP contribution in [0.2, 0.25) is 0 Å². The standard InChI is InChI=1S/C37H43N9O2/c1-27-24-30(15-16-33(27)44-22-20-43(4)21-23-44)40-36-38-26-28-17-19-45(31-11-6-5-7-12-31)37(48)46(35(28)41-36)32-13-8-10-29(25-32)39-34(47)14-9-18-42(2)3/h5-16,24-26H,17-23H2,1-4H3,(H,39,47)(H,38,40,41)/b14-9+. The topological polar surface area (TPSA) is 100 Å². The number of fused-ring (bicyclic) bond motifs is 1. The maximum absolute atomic E-state index is 14.4. The van der Waals surface area contributed by atoms with E-state index in [0.29, 0.717) is 42.7 Å². The second-order valence-corrected chi connectivity index (χ2v) is 12.5. The van der Waals surface area contributed by atoms with E-state index in [1.807, 2.05) is 61.5 Å². The summed E-state index contributed by atoms with van der Waals surface area (Å²) < 4.78 is 0. The van der Waals surface area contributed by atoms with Gasteiger partial charge in [0.05, 0.1) is 5.69 Å². The number of hydrogen-bond acceptors (Lipinski definition) is 8. The summed E-state index contributed by atoms with van der Waals surface area (Å²) in [6, 6.07) is 23.0. The van der Waals surface area contributed by atoms with Crippen LogP contribution < -0.4 is 25.3 Å². The van der Waals surface area contributed by atoms with Crippen molar-refractivity contribution in [2.75, 3.05) is 85.7 Å². The Morgan fingerprint density at radius 3 is 2.44 bits per heavy atom. The number of urea groups is 1. The van der Waals surface area contributed by atoms with Gasteiger partial charge >= 0.3 is 6.03 Å². The molecular weight excluding hydrogens is 602 g/mol. The highest BCUT2D eigenvalue weighted by Gasteiger charge is 2.32. The molecule has 3 heterocycles. The third-order valence-corrected chi connectivity index (χ3v) is 8.56. The van der Waals surface area contributed by atoms with Crippen molar-refractivity contribution in [1.29, 1.82) is 0 Å². The van der Waals surface area contributed by atoms with Crippen LogP contribution in [-0.4, -0.2) is 92.1 Å². The summed E-state index contributed by atoms with van der Waals surface area (Å²) >= 11 is 0. The second kappa shape index (κ2) is 14.7. The number of hydrogen-bond donors (Lipinski definition) is 2. The monoisotopic (exact) mass is 645 g/mol. The lowest BCUT2D eigenvalue weighted by Gasteiger charge is -2.35. The van der Waals surface area contributed by atoms with Crippen LogP contribution in [0.4, 0.5) is 45.0 Å². The fraction of sp³-hybridized carbons (Fsp3) is 0.297. The number of anilines is 7. The number of carbonyl (C=O) groups is 2. The molecule has 11 heteroatoms. The molecule has 0 atom stereocenters. The van der Waals surface area contributed by atoms with Gasteiger partial charge in [-0.1, -0.05) is 30.3 Å². The summed E-state index contributed by atoms with van der Waals surface area (Å²) in [5.74, 6) is 0.642. The Kier molecular flexibility index (Phi) is 9.98. The quantitative estimate of drug-likeness (QED) is 0.225. The van der Waals surface area contributed by atoms with Crippen LogP contribution in [0.15, 0.2) is 91.1 Å². The summed E-state index contributed by atoms with van der Waals surface area (Å²) in [5.41, 5.74) is 6.05. The minimum Gasteiger partial charge on any atom is -0.369 e. The van der Waals surface area contributed by atoms with Gasteiger partial charge in [0.2, 0.25) is 11.9 Å². The third-order valence-electron chi connectivity index (χ3n) is 8.56. The molecule has 0 unspecified atom stereocenters. The highest BCUT2D eigenvalue weighted by atomic mass is 16.2. The number of carbonyl (C=O) groups excluding carboxylic acids is 2. The van der Waals surface area contributed by atoms with Crippen molar-refractivity contribution in [2.45, 2.75) is 13.3 Å². The normalized spacial score (nSPS) is 15.5. The molecule has 0 bridgehead atoms. The minimum absolute atomic E-state index is 0.244. The van der Waals surface area contributed by atoms with Crippen molar-refractivity contribution in [3.63, 3.8) is 0 Å². The molecule has 0 saturated carbocycles. The van der Waals surface area contributed by atoms with Crippen LogP contribution in [-0.2, 0) is 11.2 Å². The molecule has 2 aliphatic heterocycles. The largest absolute Gasteiger partial charge is 0.369 e. The minimum atomic E-state index is -0.245. The number of benzene rings is 3. The predicted molar refractivity (Wildman–Crippen MR) is 194 cm³/mol. The highest BCUT2D eigenvalue weighted by Crippen LogP contribution is 2.35. The van der Waals surface area contributed by atoms with Crippen molar-refractivity contribution in [2.24, 2.45) is 0 Å². The molecule has 11 nitrogen and oxygen atoms in total. The van der Waals surface area contributed by atoms with Crippen LogP contribution in [0.1, 0.15) is 11.1 Å². The first-order valence-corrected chi connectivity index (χ1v) is 16.3. The first-order valence-electron chi connectivity index (χ1n) is 16.3. The molecule has 48 heavy (non-hydrogen) atoms. The number of piperazine rings is 1. The SMILES string of the molecule is Cc1cc(Nc2ncc3c(n2)N(c2cccc(NC(=O)/C=C/CN(C)C)c2)C(=O)N(c2ccccc2)CC3)ccc1N1CCN(C)CC1. The molecule has 248 valence electrons. The average Bonchev–Trinajstić information content (AvgIpc) is 3.21. The number of para-hydroxylation sites is 1. The van der Waals surface area contributed by atoms with E-state index in [2.05, 4.69) is 57.6 Å². The molecule has 0 radical (unpaired) electrons. The van der Waals surface area contributed by atoms with Gasteiger partial charge in [0, 0.05) is 79.9 Å². The number of likely N-dealkylation sites (N-methyl/N-ethyl adjacent to an activating group) is 2. The van der Waals surface area contributed by atoms with Crippen molar-refractivity contribution >= 4 is 52.1 Å². The van der Waals surface area contributed by atoms with Crippen LogP contribution in [0.5, 0.6) is 0 Å². The Morgan fingerprint density at radius 1 is 0.917 bits per heavy atom. The maximum atomic E-state index is 14.4. The van der Waals surface area contributed by atoms with E-state index in [1.165, 1.54) is 17.3 Å². The van der Waals surface area contributed by atoms with Gasteiger partial charge in [0.25, 0.3) is 0 Å². The number of amides is 3. The van der Waals surface area contributed by atoms with Crippen molar-refractivity contribution in [3.05, 3.63) is 102 Å². The Bertz CT molecular complexity index is 1790. The zero-order valence-corrected chi connectivity index (χ0v) is 28.1. The van der Waals surface area contributed by atoms with E-state index in [-0.39, 0.29) is 11.9 Å². The van der Waals surface area contributed by atoms with E-state index in [9.17, 15) is 9.59 Å². The molecule has 0 aliphatic carbocycles. The van der Waals surface area contributed by atoms with Gasteiger partial charge in [-0.25, -0.2) is 14.7 Å². The maximum Gasteiger partial charge on any atom is 0.334 e. The molecule has 1 saturated heterocycles. The molecule has 2 aliphatic rings. The number of aromatic nitrogens is 2. The second-order valence-electron chi connectivity index (χ2n) is 12.5. The summed E-state index contributed by atoms with van der Waals surface area (Å²) in [7, 11) is 6.04. The molecule has 0 spiro atoms. The first kappa shape index (κ1) is 32.7. The number of aryl methyl sites for hydroxylation is 1. The summed E-state index contributed by atoms with van der Waals surface area (Å²) in [4.78, 5) is 46.8. The molecule has 4 aromatic rings. The van der Waals surface area contributed by atoms with Crippen LogP contribution in [0.25, 0.3) is 0 Å². The smallest absolute Gasteiger partial charge is 0.334 e. The Hall–Kier alpha value is -5.26. The van der Waals surface area contributed by atoms with E-state index in [1.54, 1.807) is 34.2 Å². The Balaban J connectivity index is 1.31. The van der Waals surface area contributed by atoms with E-state index in [4.69, 9.17) is 4.98 Å². The van der Waals surface area contributed by atoms with Gasteiger partial charge in [-0.05, 0) is 88.6 Å². The predicted octanol–water partition coefficient (Wildman–Crippen LogP) is 5.66. The first-order chi connectivity index (χ1) is 23.2. The number of nitrogens with zero attached hydrogens (tertiary/aromatic N) is 7. The zero-order chi connectivity index (χ0) is 33.6. The van der Waals surface area contributed by atoms with Gasteiger partial charge in [-0.15, -0.1) is 0 Å². The summed E-state index contributed by atoms with van der Waals surface area (Å²) in [6.07, 6.45) is 5.68. The van der Waals surface area contributed by atoms with Gasteiger partial charge in [0.1, 0.15) is 5.82 Å². The fourth-order valence-electron chi connectivity index (χ4n) is 5.99.